The highest BCUT2D eigenvalue weighted by molar-refractivity contribution is 6.31. The van der Waals surface area contributed by atoms with E-state index in [2.05, 4.69) is 10.6 Å². The summed E-state index contributed by atoms with van der Waals surface area (Å²) in [5.74, 6) is 0.506. The van der Waals surface area contributed by atoms with Crippen molar-refractivity contribution in [3.8, 4) is 0 Å². The molecule has 2 aromatic carbocycles. The van der Waals surface area contributed by atoms with Crippen LogP contribution in [0.15, 0.2) is 42.5 Å². The van der Waals surface area contributed by atoms with Crippen LogP contribution in [0, 0.1) is 17.3 Å². The van der Waals surface area contributed by atoms with Gasteiger partial charge in [-0.25, -0.2) is 0 Å². The van der Waals surface area contributed by atoms with Gasteiger partial charge < -0.3 is 19.7 Å². The second kappa shape index (κ2) is 5.96. The number of para-hydroxylation sites is 1. The zero-order valence-electron chi connectivity index (χ0n) is 14.8. The van der Waals surface area contributed by atoms with E-state index in [-0.39, 0.29) is 42.9 Å². The number of rotatable bonds is 4. The van der Waals surface area contributed by atoms with Crippen molar-refractivity contribution in [2.45, 2.75) is 6.54 Å². The molecule has 0 bridgehead atoms. The molecule has 3 aromatic rings. The molecule has 1 saturated carbocycles. The third-order valence-corrected chi connectivity index (χ3v) is 6.89. The molecule has 1 aromatic heterocycles. The minimum atomic E-state index is -0.375. The Bertz CT molecular complexity index is 1040. The van der Waals surface area contributed by atoms with Gasteiger partial charge in [0.05, 0.1) is 13.2 Å². The van der Waals surface area contributed by atoms with Crippen LogP contribution in [0.25, 0.3) is 21.8 Å². The van der Waals surface area contributed by atoms with Gasteiger partial charge >= 0.3 is 0 Å². The summed E-state index contributed by atoms with van der Waals surface area (Å²) in [7, 11) is 0. The summed E-state index contributed by atoms with van der Waals surface area (Å²) < 4.78 is 2.05. The lowest BCUT2D eigenvalue weighted by molar-refractivity contribution is -0.131. The van der Waals surface area contributed by atoms with E-state index in [1.807, 2.05) is 41.3 Å². The van der Waals surface area contributed by atoms with Gasteiger partial charge in [0.25, 0.3) is 0 Å². The van der Waals surface area contributed by atoms with E-state index in [0.717, 1.165) is 21.8 Å². The fourth-order valence-electron chi connectivity index (χ4n) is 4.99. The van der Waals surface area contributed by atoms with Gasteiger partial charge in [0.1, 0.15) is 6.54 Å². The number of carbonyl (C=O) groups excluding carboxylic acids is 1. The molecular weight excluding hydrogens is 364 g/mol. The Morgan fingerprint density at radius 2 is 1.70 bits per heavy atom. The van der Waals surface area contributed by atoms with E-state index >= 15 is 0 Å². The number of carbonyl (C=O) groups is 1. The molecule has 1 amide bonds. The third kappa shape index (κ3) is 2.35. The number of fused-ring (bicyclic) bond motifs is 4. The molecule has 1 aliphatic carbocycles. The molecule has 5 rings (SSSR count). The quantitative estimate of drug-likeness (QED) is 0.726. The maximum Gasteiger partial charge on any atom is 0.242 e. The Labute approximate surface area is 161 Å². The highest BCUT2D eigenvalue weighted by Crippen LogP contribution is 2.62. The number of aliphatic hydroxyl groups excluding tert-OH is 2. The third-order valence-electron chi connectivity index (χ3n) is 6.66. The van der Waals surface area contributed by atoms with Crippen LogP contribution in [-0.2, 0) is 11.3 Å². The number of aromatic nitrogens is 1. The first kappa shape index (κ1) is 17.0. The lowest BCUT2D eigenvalue weighted by Gasteiger charge is -2.24. The normalized spacial score (nSPS) is 23.1. The SMILES string of the molecule is O=C(Cn1c2ccccc2c2cc(Cl)ccc21)N1CC2C(C1)C2(CO)CO. The van der Waals surface area contributed by atoms with E-state index < -0.39 is 0 Å². The van der Waals surface area contributed by atoms with E-state index in [9.17, 15) is 15.0 Å². The summed E-state index contributed by atoms with van der Waals surface area (Å²) in [4.78, 5) is 14.8. The second-order valence-electron chi connectivity index (χ2n) is 7.83. The predicted molar refractivity (Wildman–Crippen MR) is 105 cm³/mol. The van der Waals surface area contributed by atoms with Gasteiger partial charge in [0.15, 0.2) is 0 Å². The van der Waals surface area contributed by atoms with Crippen molar-refractivity contribution >= 4 is 39.3 Å². The summed E-state index contributed by atoms with van der Waals surface area (Å²) >= 11 is 6.19. The molecule has 6 heteroatoms. The highest BCUT2D eigenvalue weighted by Gasteiger charge is 2.67. The Morgan fingerprint density at radius 3 is 2.41 bits per heavy atom. The number of piperidine rings is 1. The van der Waals surface area contributed by atoms with E-state index in [1.165, 1.54) is 0 Å². The number of benzene rings is 2. The summed E-state index contributed by atoms with van der Waals surface area (Å²) in [6.07, 6.45) is 0. The average Bonchev–Trinajstić information content (AvgIpc) is 2.97. The van der Waals surface area contributed by atoms with E-state index in [1.54, 1.807) is 0 Å². The van der Waals surface area contributed by atoms with Crippen LogP contribution >= 0.6 is 11.6 Å². The molecule has 27 heavy (non-hydrogen) atoms. The van der Waals surface area contributed by atoms with Crippen LogP contribution in [0.3, 0.4) is 0 Å². The zero-order valence-corrected chi connectivity index (χ0v) is 15.6. The van der Waals surface area contributed by atoms with Gasteiger partial charge in [0, 0.05) is 45.3 Å². The van der Waals surface area contributed by atoms with E-state index in [4.69, 9.17) is 11.6 Å². The minimum absolute atomic E-state index is 0.00546. The van der Waals surface area contributed by atoms with Gasteiger partial charge in [-0.05, 0) is 36.1 Å². The van der Waals surface area contributed by atoms with Gasteiger partial charge in [0.2, 0.25) is 5.91 Å². The summed E-state index contributed by atoms with van der Waals surface area (Å²) in [6.45, 7) is 1.50. The maximum absolute atomic E-state index is 13.0. The Hall–Kier alpha value is -2.08. The number of aliphatic hydroxyl groups is 2. The largest absolute Gasteiger partial charge is 0.396 e. The summed E-state index contributed by atoms with van der Waals surface area (Å²) in [5, 5.41) is 22.0. The van der Waals surface area contributed by atoms with Crippen molar-refractivity contribution in [1.29, 1.82) is 0 Å². The van der Waals surface area contributed by atoms with Crippen LogP contribution < -0.4 is 0 Å². The lowest BCUT2D eigenvalue weighted by atomic mass is 10.0. The Morgan fingerprint density at radius 1 is 1.04 bits per heavy atom. The van der Waals surface area contributed by atoms with Crippen molar-refractivity contribution in [2.24, 2.45) is 17.3 Å². The summed E-state index contributed by atoms with van der Waals surface area (Å²) in [6, 6.07) is 13.8. The molecule has 0 radical (unpaired) electrons. The molecule has 2 heterocycles. The number of likely N-dealkylation sites (tertiary alicyclic amines) is 1. The number of hydrogen-bond donors (Lipinski definition) is 2. The van der Waals surface area contributed by atoms with Gasteiger partial charge in [-0.15, -0.1) is 0 Å². The first-order valence-electron chi connectivity index (χ1n) is 9.25. The van der Waals surface area contributed by atoms with Crippen LogP contribution in [-0.4, -0.2) is 51.9 Å². The average molecular weight is 385 g/mol. The zero-order chi connectivity index (χ0) is 18.8. The van der Waals surface area contributed by atoms with Gasteiger partial charge in [-0.3, -0.25) is 4.79 Å². The molecule has 2 aliphatic rings. The fraction of sp³-hybridized carbons (Fsp3) is 0.381. The van der Waals surface area contributed by atoms with Crippen LogP contribution in [0.2, 0.25) is 5.02 Å². The fourth-order valence-corrected chi connectivity index (χ4v) is 5.16. The van der Waals surface area contributed by atoms with Crippen LogP contribution in [0.1, 0.15) is 0 Å². The lowest BCUT2D eigenvalue weighted by Crippen LogP contribution is -2.37. The van der Waals surface area contributed by atoms with Crippen LogP contribution in [0.4, 0.5) is 0 Å². The number of halogens is 1. The molecule has 140 valence electrons. The van der Waals surface area contributed by atoms with Crippen molar-refractivity contribution in [3.63, 3.8) is 0 Å². The standard InChI is InChI=1S/C21H21ClN2O3/c22-13-5-6-19-15(7-13)14-3-1-2-4-18(14)24(19)10-20(27)23-8-16-17(9-23)21(16,11-25)12-26/h1-7,16-17,25-26H,8-12H2. The Kier molecular flexibility index (Phi) is 3.76. The molecule has 2 N–H and O–H groups in total. The van der Waals surface area contributed by atoms with Crippen molar-refractivity contribution in [2.75, 3.05) is 26.3 Å². The number of amides is 1. The number of nitrogens with zero attached hydrogens (tertiary/aromatic N) is 2. The van der Waals surface area contributed by atoms with Crippen molar-refractivity contribution in [3.05, 3.63) is 47.5 Å². The van der Waals surface area contributed by atoms with Gasteiger partial charge in [-0.1, -0.05) is 29.8 Å². The molecular formula is C21H21ClN2O3. The summed E-state index contributed by atoms with van der Waals surface area (Å²) in [5.41, 5.74) is 1.64. The predicted octanol–water partition coefficient (Wildman–Crippen LogP) is 2.51. The van der Waals surface area contributed by atoms with E-state index in [0.29, 0.717) is 18.1 Å². The molecule has 1 saturated heterocycles. The maximum atomic E-state index is 13.0. The molecule has 2 unspecified atom stereocenters. The monoisotopic (exact) mass is 384 g/mol. The van der Waals surface area contributed by atoms with Crippen LogP contribution in [0.5, 0.6) is 0 Å². The topological polar surface area (TPSA) is 65.7 Å². The second-order valence-corrected chi connectivity index (χ2v) is 8.26. The Balaban J connectivity index is 1.45. The molecule has 5 nitrogen and oxygen atoms in total. The minimum Gasteiger partial charge on any atom is -0.396 e. The van der Waals surface area contributed by atoms with Gasteiger partial charge in [-0.2, -0.15) is 0 Å². The van der Waals surface area contributed by atoms with Crippen molar-refractivity contribution in [1.82, 2.24) is 9.47 Å². The molecule has 0 spiro atoms. The first-order valence-corrected chi connectivity index (χ1v) is 9.63. The smallest absolute Gasteiger partial charge is 0.242 e. The first-order chi connectivity index (χ1) is 13.1. The molecule has 2 atom stereocenters. The number of hydrogen-bond acceptors (Lipinski definition) is 3. The van der Waals surface area contributed by atoms with Crippen molar-refractivity contribution < 1.29 is 15.0 Å². The molecule has 2 fully saturated rings. The molecule has 1 aliphatic heterocycles. The highest BCUT2D eigenvalue weighted by atomic mass is 35.5.